The Kier molecular flexibility index (Phi) is 5.23. The van der Waals surface area contributed by atoms with E-state index in [0.29, 0.717) is 12.6 Å². The maximum Gasteiger partial charge on any atom is 0.223 e. The number of amides is 1. The Balaban J connectivity index is 1.73. The maximum atomic E-state index is 12.0. The fourth-order valence-electron chi connectivity index (χ4n) is 2.50. The molecule has 104 valence electrons. The van der Waals surface area contributed by atoms with Crippen LogP contribution >= 0.6 is 11.6 Å². The van der Waals surface area contributed by atoms with Gasteiger partial charge in [0.05, 0.1) is 0 Å². The molecular formula is C15H21ClN2O. The summed E-state index contributed by atoms with van der Waals surface area (Å²) in [6.07, 6.45) is 2.73. The first-order chi connectivity index (χ1) is 9.15. The molecule has 1 aromatic carbocycles. The van der Waals surface area contributed by atoms with Crippen LogP contribution in [0.3, 0.4) is 0 Å². The zero-order chi connectivity index (χ0) is 13.7. The van der Waals surface area contributed by atoms with Crippen molar-refractivity contribution in [3.8, 4) is 0 Å². The second-order valence-electron chi connectivity index (χ2n) is 5.24. The average molecular weight is 281 g/mol. The van der Waals surface area contributed by atoms with Gasteiger partial charge >= 0.3 is 0 Å². The highest BCUT2D eigenvalue weighted by Gasteiger charge is 2.24. The van der Waals surface area contributed by atoms with Crippen LogP contribution in [0.2, 0.25) is 5.02 Å². The van der Waals surface area contributed by atoms with Gasteiger partial charge in [-0.15, -0.1) is 0 Å². The van der Waals surface area contributed by atoms with E-state index in [4.69, 9.17) is 11.6 Å². The third-order valence-electron chi connectivity index (χ3n) is 3.62. The predicted octanol–water partition coefficient (Wildman–Crippen LogP) is 2.39. The van der Waals surface area contributed by atoms with Crippen LogP contribution in [0.15, 0.2) is 24.3 Å². The third kappa shape index (κ3) is 4.51. The van der Waals surface area contributed by atoms with Crippen molar-refractivity contribution in [2.45, 2.75) is 32.2 Å². The average Bonchev–Trinajstić information content (AvgIpc) is 2.41. The number of piperidine rings is 1. The Morgan fingerprint density at radius 1 is 1.42 bits per heavy atom. The SMILES string of the molecule is CC1CC(C(=O)NCCc2ccc(Cl)cc2)CCN1. The first-order valence-corrected chi connectivity index (χ1v) is 7.28. The van der Waals surface area contributed by atoms with Crippen LogP contribution in [0.25, 0.3) is 0 Å². The smallest absolute Gasteiger partial charge is 0.223 e. The topological polar surface area (TPSA) is 41.1 Å². The molecule has 1 amide bonds. The maximum absolute atomic E-state index is 12.0. The van der Waals surface area contributed by atoms with E-state index in [-0.39, 0.29) is 11.8 Å². The number of carbonyl (C=O) groups is 1. The van der Waals surface area contributed by atoms with Crippen LogP contribution in [0.1, 0.15) is 25.3 Å². The summed E-state index contributed by atoms with van der Waals surface area (Å²) in [7, 11) is 0. The normalized spacial score (nSPS) is 23.1. The highest BCUT2D eigenvalue weighted by atomic mass is 35.5. The number of hydrogen-bond donors (Lipinski definition) is 2. The van der Waals surface area contributed by atoms with E-state index in [9.17, 15) is 4.79 Å². The minimum absolute atomic E-state index is 0.168. The molecule has 2 unspecified atom stereocenters. The molecule has 3 nitrogen and oxygen atoms in total. The summed E-state index contributed by atoms with van der Waals surface area (Å²) in [5.41, 5.74) is 1.20. The molecule has 1 heterocycles. The highest BCUT2D eigenvalue weighted by molar-refractivity contribution is 6.30. The Labute approximate surface area is 119 Å². The molecular weight excluding hydrogens is 260 g/mol. The van der Waals surface area contributed by atoms with Gasteiger partial charge in [0.2, 0.25) is 5.91 Å². The van der Waals surface area contributed by atoms with E-state index in [1.165, 1.54) is 5.56 Å². The molecule has 2 rings (SSSR count). The molecule has 0 radical (unpaired) electrons. The van der Waals surface area contributed by atoms with Crippen molar-refractivity contribution in [1.82, 2.24) is 10.6 Å². The Morgan fingerprint density at radius 2 is 2.16 bits per heavy atom. The van der Waals surface area contributed by atoms with Gasteiger partial charge in [-0.25, -0.2) is 0 Å². The van der Waals surface area contributed by atoms with Gasteiger partial charge in [0.1, 0.15) is 0 Å². The van der Waals surface area contributed by atoms with Gasteiger partial charge in [-0.3, -0.25) is 4.79 Å². The number of benzene rings is 1. The van der Waals surface area contributed by atoms with E-state index in [2.05, 4.69) is 17.6 Å². The standard InChI is InChI=1S/C15H21ClN2O/c1-11-10-13(7-9-17-11)15(19)18-8-6-12-2-4-14(16)5-3-12/h2-5,11,13,17H,6-10H2,1H3,(H,18,19). The summed E-state index contributed by atoms with van der Waals surface area (Å²) < 4.78 is 0. The van der Waals surface area contributed by atoms with Crippen molar-refractivity contribution in [2.24, 2.45) is 5.92 Å². The fourth-order valence-corrected chi connectivity index (χ4v) is 2.62. The van der Waals surface area contributed by atoms with Crippen molar-refractivity contribution in [2.75, 3.05) is 13.1 Å². The third-order valence-corrected chi connectivity index (χ3v) is 3.87. The molecule has 1 fully saturated rings. The first kappa shape index (κ1) is 14.4. The summed E-state index contributed by atoms with van der Waals surface area (Å²) >= 11 is 5.84. The van der Waals surface area contributed by atoms with Gasteiger partial charge in [-0.05, 0) is 50.4 Å². The van der Waals surface area contributed by atoms with Gasteiger partial charge < -0.3 is 10.6 Å². The first-order valence-electron chi connectivity index (χ1n) is 6.90. The van der Waals surface area contributed by atoms with Crippen LogP contribution in [0.4, 0.5) is 0 Å². The Morgan fingerprint density at radius 3 is 2.84 bits per heavy atom. The Hall–Kier alpha value is -1.06. The fraction of sp³-hybridized carbons (Fsp3) is 0.533. The molecule has 2 N–H and O–H groups in total. The highest BCUT2D eigenvalue weighted by Crippen LogP contribution is 2.16. The van der Waals surface area contributed by atoms with E-state index < -0.39 is 0 Å². The van der Waals surface area contributed by atoms with Crippen LogP contribution in [0, 0.1) is 5.92 Å². The van der Waals surface area contributed by atoms with Crippen molar-refractivity contribution in [1.29, 1.82) is 0 Å². The predicted molar refractivity (Wildman–Crippen MR) is 78.4 cm³/mol. The van der Waals surface area contributed by atoms with Gasteiger partial charge in [0, 0.05) is 23.5 Å². The second kappa shape index (κ2) is 6.92. The molecule has 1 aromatic rings. The molecule has 0 spiro atoms. The Bertz CT molecular complexity index is 419. The summed E-state index contributed by atoms with van der Waals surface area (Å²) in [5.74, 6) is 0.365. The molecule has 19 heavy (non-hydrogen) atoms. The molecule has 1 aliphatic rings. The number of nitrogens with one attached hydrogen (secondary N) is 2. The van der Waals surface area contributed by atoms with Gasteiger partial charge in [-0.1, -0.05) is 23.7 Å². The summed E-state index contributed by atoms with van der Waals surface area (Å²) in [4.78, 5) is 12.0. The zero-order valence-electron chi connectivity index (χ0n) is 11.3. The van der Waals surface area contributed by atoms with Crippen LogP contribution in [-0.4, -0.2) is 25.0 Å². The molecule has 2 atom stereocenters. The van der Waals surface area contributed by atoms with Gasteiger partial charge in [0.15, 0.2) is 0 Å². The number of halogens is 1. The summed E-state index contributed by atoms with van der Waals surface area (Å²) in [5, 5.41) is 7.14. The van der Waals surface area contributed by atoms with E-state index in [1.54, 1.807) is 0 Å². The second-order valence-corrected chi connectivity index (χ2v) is 5.68. The number of carbonyl (C=O) groups excluding carboxylic acids is 1. The van der Waals surface area contributed by atoms with Crippen molar-refractivity contribution < 1.29 is 4.79 Å². The van der Waals surface area contributed by atoms with Gasteiger partial charge in [0.25, 0.3) is 0 Å². The lowest BCUT2D eigenvalue weighted by Crippen LogP contribution is -2.42. The van der Waals surface area contributed by atoms with Crippen LogP contribution in [0.5, 0.6) is 0 Å². The molecule has 4 heteroatoms. The molecule has 1 aliphatic heterocycles. The molecule has 1 saturated heterocycles. The zero-order valence-corrected chi connectivity index (χ0v) is 12.0. The molecule has 0 aromatic heterocycles. The van der Waals surface area contributed by atoms with Crippen molar-refractivity contribution >= 4 is 17.5 Å². The quantitative estimate of drug-likeness (QED) is 0.889. The van der Waals surface area contributed by atoms with Crippen molar-refractivity contribution in [3.05, 3.63) is 34.9 Å². The van der Waals surface area contributed by atoms with Crippen LogP contribution < -0.4 is 10.6 Å². The van der Waals surface area contributed by atoms with Gasteiger partial charge in [-0.2, -0.15) is 0 Å². The number of hydrogen-bond acceptors (Lipinski definition) is 2. The molecule has 0 saturated carbocycles. The largest absolute Gasteiger partial charge is 0.356 e. The van der Waals surface area contributed by atoms with Crippen molar-refractivity contribution in [3.63, 3.8) is 0 Å². The minimum Gasteiger partial charge on any atom is -0.356 e. The monoisotopic (exact) mass is 280 g/mol. The van der Waals surface area contributed by atoms with E-state index >= 15 is 0 Å². The molecule has 0 aliphatic carbocycles. The summed E-state index contributed by atoms with van der Waals surface area (Å²) in [6, 6.07) is 8.21. The summed E-state index contributed by atoms with van der Waals surface area (Å²) in [6.45, 7) is 3.77. The number of rotatable bonds is 4. The van der Waals surface area contributed by atoms with Crippen LogP contribution in [-0.2, 0) is 11.2 Å². The van der Waals surface area contributed by atoms with E-state index in [1.807, 2.05) is 24.3 Å². The lowest BCUT2D eigenvalue weighted by molar-refractivity contribution is -0.126. The molecule has 0 bridgehead atoms. The van der Waals surface area contributed by atoms with E-state index in [0.717, 1.165) is 30.8 Å². The lowest BCUT2D eigenvalue weighted by atomic mass is 9.92. The lowest BCUT2D eigenvalue weighted by Gasteiger charge is -2.27. The minimum atomic E-state index is 0.168.